The van der Waals surface area contributed by atoms with Gasteiger partial charge in [-0.2, -0.15) is 13.9 Å². The van der Waals surface area contributed by atoms with E-state index in [1.54, 1.807) is 0 Å². The second-order valence-corrected chi connectivity index (χ2v) is 6.77. The molecule has 0 bridgehead atoms. The van der Waals surface area contributed by atoms with Crippen molar-refractivity contribution in [1.82, 2.24) is 9.78 Å². The molecular formula is C12H10ClF3N2O4S. The molecule has 6 nitrogen and oxygen atoms in total. The van der Waals surface area contributed by atoms with Crippen molar-refractivity contribution in [3.63, 3.8) is 0 Å². The second-order valence-electron chi connectivity index (χ2n) is 4.27. The van der Waals surface area contributed by atoms with Crippen molar-refractivity contribution in [3.05, 3.63) is 24.0 Å². The number of hydrogen-bond acceptors (Lipinski definition) is 5. The number of benzene rings is 1. The Labute approximate surface area is 133 Å². The van der Waals surface area contributed by atoms with E-state index in [0.717, 1.165) is 16.8 Å². The molecule has 0 aliphatic carbocycles. The summed E-state index contributed by atoms with van der Waals surface area (Å²) in [5.41, 5.74) is -0.247. The maximum Gasteiger partial charge on any atom is 0.388 e. The monoisotopic (exact) mass is 370 g/mol. The van der Waals surface area contributed by atoms with Gasteiger partial charge in [-0.25, -0.2) is 17.5 Å². The molecule has 0 aliphatic heterocycles. The first kappa shape index (κ1) is 17.4. The average Bonchev–Trinajstić information content (AvgIpc) is 2.74. The molecule has 1 aromatic carbocycles. The number of aromatic nitrogens is 2. The molecule has 0 radical (unpaired) electrons. The number of hydrogen-bond donors (Lipinski definition) is 0. The predicted octanol–water partition coefficient (Wildman–Crippen LogP) is 2.76. The smallest absolute Gasteiger partial charge is 0.388 e. The molecule has 23 heavy (non-hydrogen) atoms. The van der Waals surface area contributed by atoms with Gasteiger partial charge < -0.3 is 9.47 Å². The van der Waals surface area contributed by atoms with Gasteiger partial charge in [0.05, 0.1) is 7.11 Å². The van der Waals surface area contributed by atoms with Crippen LogP contribution in [-0.4, -0.2) is 31.9 Å². The van der Waals surface area contributed by atoms with Crippen LogP contribution in [0.3, 0.4) is 0 Å². The number of halogens is 4. The molecule has 0 aliphatic rings. The third kappa shape index (κ3) is 3.53. The highest BCUT2D eigenvalue weighted by Gasteiger charge is 2.31. The highest BCUT2D eigenvalue weighted by Crippen LogP contribution is 2.40. The predicted molar refractivity (Wildman–Crippen MR) is 74.8 cm³/mol. The fraction of sp³-hybridized carbons (Fsp3) is 0.250. The van der Waals surface area contributed by atoms with Crippen LogP contribution in [0, 0.1) is 5.82 Å². The molecule has 0 saturated heterocycles. The Morgan fingerprint density at radius 2 is 2.00 bits per heavy atom. The Kier molecular flexibility index (Phi) is 4.76. The summed E-state index contributed by atoms with van der Waals surface area (Å²) in [6.45, 7) is -3.29. The van der Waals surface area contributed by atoms with Crippen molar-refractivity contribution >= 4 is 19.7 Å². The number of nitrogens with zero attached hydrogens (tertiary/aromatic N) is 2. The zero-order valence-corrected chi connectivity index (χ0v) is 13.3. The molecule has 0 amide bonds. The van der Waals surface area contributed by atoms with Gasteiger partial charge in [-0.05, 0) is 12.1 Å². The van der Waals surface area contributed by atoms with E-state index in [-0.39, 0.29) is 17.0 Å². The van der Waals surface area contributed by atoms with Crippen LogP contribution in [0.4, 0.5) is 13.2 Å². The number of alkyl halides is 2. The molecule has 2 rings (SSSR count). The molecule has 0 atom stereocenters. The van der Waals surface area contributed by atoms with E-state index in [1.165, 1.54) is 20.2 Å². The summed E-state index contributed by atoms with van der Waals surface area (Å²) < 4.78 is 71.8. The third-order valence-corrected chi connectivity index (χ3v) is 4.13. The zero-order chi connectivity index (χ0) is 17.4. The Hall–Kier alpha value is -1.94. The molecule has 0 unspecified atom stereocenters. The Balaban J connectivity index is 2.78. The topological polar surface area (TPSA) is 70.4 Å². The van der Waals surface area contributed by atoms with Gasteiger partial charge >= 0.3 is 6.61 Å². The summed E-state index contributed by atoms with van der Waals surface area (Å²) in [6.07, 6.45) is 0. The van der Waals surface area contributed by atoms with E-state index in [0.29, 0.717) is 0 Å². The van der Waals surface area contributed by atoms with E-state index in [4.69, 9.17) is 15.4 Å². The van der Waals surface area contributed by atoms with E-state index < -0.39 is 32.3 Å². The lowest BCUT2D eigenvalue weighted by Crippen LogP contribution is -2.08. The summed E-state index contributed by atoms with van der Waals surface area (Å²) in [5.74, 6) is -1.43. The van der Waals surface area contributed by atoms with Crippen LogP contribution >= 0.6 is 10.7 Å². The zero-order valence-electron chi connectivity index (χ0n) is 11.8. The number of methoxy groups -OCH3 is 1. The van der Waals surface area contributed by atoms with Gasteiger partial charge in [-0.15, -0.1) is 0 Å². The normalized spacial score (nSPS) is 11.8. The largest absolute Gasteiger partial charge is 0.496 e. The molecular weight excluding hydrogens is 361 g/mol. The van der Waals surface area contributed by atoms with Gasteiger partial charge in [0, 0.05) is 29.4 Å². The summed E-state index contributed by atoms with van der Waals surface area (Å²) in [6, 6.07) is 3.21. The van der Waals surface area contributed by atoms with Crippen LogP contribution in [0.5, 0.6) is 11.6 Å². The fourth-order valence-electron chi connectivity index (χ4n) is 1.96. The summed E-state index contributed by atoms with van der Waals surface area (Å²) in [7, 11) is 3.26. The van der Waals surface area contributed by atoms with Gasteiger partial charge in [0.2, 0.25) is 5.88 Å². The lowest BCUT2D eigenvalue weighted by atomic mass is 10.1. The maximum atomic E-state index is 13.3. The second kappa shape index (κ2) is 6.28. The van der Waals surface area contributed by atoms with E-state index in [1.807, 2.05) is 0 Å². The van der Waals surface area contributed by atoms with Crippen LogP contribution in [0.1, 0.15) is 0 Å². The Morgan fingerprint density at radius 1 is 1.35 bits per heavy atom. The third-order valence-electron chi connectivity index (χ3n) is 2.82. The number of ether oxygens (including phenoxy) is 2. The molecule has 0 saturated carbocycles. The van der Waals surface area contributed by atoms with E-state index in [9.17, 15) is 21.6 Å². The van der Waals surface area contributed by atoms with Crippen molar-refractivity contribution in [2.45, 2.75) is 11.5 Å². The molecule has 1 heterocycles. The van der Waals surface area contributed by atoms with Gasteiger partial charge in [0.25, 0.3) is 9.05 Å². The first-order valence-corrected chi connectivity index (χ1v) is 8.26. The minimum atomic E-state index is -4.49. The summed E-state index contributed by atoms with van der Waals surface area (Å²) in [4.78, 5) is -0.758. The molecule has 0 fully saturated rings. The van der Waals surface area contributed by atoms with Crippen LogP contribution < -0.4 is 9.47 Å². The van der Waals surface area contributed by atoms with Crippen molar-refractivity contribution < 1.29 is 31.1 Å². The van der Waals surface area contributed by atoms with E-state index >= 15 is 0 Å². The summed E-state index contributed by atoms with van der Waals surface area (Å²) in [5, 5.41) is 3.83. The number of aryl methyl sites for hydroxylation is 1. The van der Waals surface area contributed by atoms with Crippen molar-refractivity contribution in [2.24, 2.45) is 7.05 Å². The van der Waals surface area contributed by atoms with Gasteiger partial charge in [-0.3, -0.25) is 0 Å². The first-order valence-electron chi connectivity index (χ1n) is 5.95. The van der Waals surface area contributed by atoms with Crippen LogP contribution in [-0.2, 0) is 16.1 Å². The first-order chi connectivity index (χ1) is 10.6. The molecule has 126 valence electrons. The van der Waals surface area contributed by atoms with Crippen LogP contribution in [0.25, 0.3) is 11.3 Å². The standard InChI is InChI=1S/C12H10ClF3N2O4S/c1-18-11(22-12(15)16)10(23(13,19)20)9(17-18)7-4-3-6(14)5-8(7)21-2/h3-5,12H,1-2H3. The van der Waals surface area contributed by atoms with Crippen molar-refractivity contribution in [1.29, 1.82) is 0 Å². The highest BCUT2D eigenvalue weighted by molar-refractivity contribution is 8.14. The quantitative estimate of drug-likeness (QED) is 0.757. The molecule has 0 N–H and O–H groups in total. The Morgan fingerprint density at radius 3 is 2.52 bits per heavy atom. The molecule has 1 aromatic heterocycles. The summed E-state index contributed by atoms with van der Waals surface area (Å²) >= 11 is 0. The number of rotatable bonds is 5. The fourth-order valence-corrected chi connectivity index (χ4v) is 3.15. The lowest BCUT2D eigenvalue weighted by molar-refractivity contribution is -0.0572. The molecule has 2 aromatic rings. The Bertz CT molecular complexity index is 839. The van der Waals surface area contributed by atoms with Crippen LogP contribution in [0.15, 0.2) is 23.1 Å². The molecule has 0 spiro atoms. The van der Waals surface area contributed by atoms with Crippen molar-refractivity contribution in [2.75, 3.05) is 7.11 Å². The van der Waals surface area contributed by atoms with Gasteiger partial charge in [-0.1, -0.05) is 0 Å². The maximum absolute atomic E-state index is 13.3. The van der Waals surface area contributed by atoms with E-state index in [2.05, 4.69) is 9.84 Å². The SMILES string of the molecule is COc1cc(F)ccc1-c1nn(C)c(OC(F)F)c1S(=O)(=O)Cl. The lowest BCUT2D eigenvalue weighted by Gasteiger charge is -2.08. The van der Waals surface area contributed by atoms with Gasteiger partial charge in [0.15, 0.2) is 4.90 Å². The van der Waals surface area contributed by atoms with Crippen LogP contribution in [0.2, 0.25) is 0 Å². The van der Waals surface area contributed by atoms with Crippen molar-refractivity contribution in [3.8, 4) is 22.9 Å². The molecule has 11 heteroatoms. The highest BCUT2D eigenvalue weighted by atomic mass is 35.7. The van der Waals surface area contributed by atoms with Gasteiger partial charge in [0.1, 0.15) is 17.3 Å². The minimum Gasteiger partial charge on any atom is -0.496 e. The average molecular weight is 371 g/mol. The minimum absolute atomic E-state index is 0.0479.